The average molecular weight is 400 g/mol. The minimum atomic E-state index is -1.39. The highest BCUT2D eigenvalue weighted by molar-refractivity contribution is 5.86. The Morgan fingerprint density at radius 1 is 1.21 bits per heavy atom. The second-order valence-electron chi connectivity index (χ2n) is 6.38. The van der Waals surface area contributed by atoms with Gasteiger partial charge in [0.05, 0.1) is 13.2 Å². The van der Waals surface area contributed by atoms with Crippen LogP contribution in [0.5, 0.6) is 0 Å². The van der Waals surface area contributed by atoms with Gasteiger partial charge in [0.2, 0.25) is 6.29 Å². The van der Waals surface area contributed by atoms with Crippen molar-refractivity contribution in [2.75, 3.05) is 26.6 Å². The lowest BCUT2D eigenvalue weighted by Crippen LogP contribution is -2.41. The van der Waals surface area contributed by atoms with Crippen molar-refractivity contribution in [3.05, 3.63) is 12.7 Å². The maximum atomic E-state index is 12.7. The molecule has 0 spiro atoms. The lowest BCUT2D eigenvalue weighted by atomic mass is 9.90. The molecular formula is C17H20O11. The van der Waals surface area contributed by atoms with Gasteiger partial charge >= 0.3 is 23.9 Å². The van der Waals surface area contributed by atoms with Crippen molar-refractivity contribution in [2.45, 2.75) is 31.5 Å². The van der Waals surface area contributed by atoms with Gasteiger partial charge in [0.1, 0.15) is 36.9 Å². The molecular weight excluding hydrogens is 380 g/mol. The number of ether oxygens (including phenoxy) is 7. The first-order valence-corrected chi connectivity index (χ1v) is 8.61. The third-order valence-corrected chi connectivity index (χ3v) is 4.44. The van der Waals surface area contributed by atoms with Crippen LogP contribution in [0.15, 0.2) is 12.7 Å². The molecule has 0 aromatic carbocycles. The van der Waals surface area contributed by atoms with Crippen LogP contribution in [-0.4, -0.2) is 75.1 Å². The molecule has 154 valence electrons. The van der Waals surface area contributed by atoms with E-state index in [0.29, 0.717) is 0 Å². The molecule has 5 atom stereocenters. The van der Waals surface area contributed by atoms with Crippen LogP contribution >= 0.6 is 0 Å². The largest absolute Gasteiger partial charge is 0.460 e. The highest BCUT2D eigenvalue weighted by Crippen LogP contribution is 2.42. The number of hydrogen-bond acceptors (Lipinski definition) is 11. The van der Waals surface area contributed by atoms with E-state index in [-0.39, 0.29) is 20.0 Å². The second kappa shape index (κ2) is 8.67. The Morgan fingerprint density at radius 2 is 1.93 bits per heavy atom. The zero-order valence-corrected chi connectivity index (χ0v) is 15.1. The van der Waals surface area contributed by atoms with Crippen LogP contribution in [0, 0.1) is 11.8 Å². The molecule has 3 aliphatic heterocycles. The Bertz CT molecular complexity index is 653. The van der Waals surface area contributed by atoms with Crippen molar-refractivity contribution in [3.63, 3.8) is 0 Å². The van der Waals surface area contributed by atoms with Crippen LogP contribution in [0.25, 0.3) is 0 Å². The minimum Gasteiger partial charge on any atom is -0.460 e. The Hall–Kier alpha value is -2.50. The molecule has 11 nitrogen and oxygen atoms in total. The van der Waals surface area contributed by atoms with E-state index in [4.69, 9.17) is 28.4 Å². The monoisotopic (exact) mass is 400 g/mol. The number of hydrogen-bond donors (Lipinski definition) is 0. The molecule has 3 rings (SSSR count). The fourth-order valence-corrected chi connectivity index (χ4v) is 3.20. The molecule has 0 aromatic heterocycles. The summed E-state index contributed by atoms with van der Waals surface area (Å²) < 4.78 is 35.8. The van der Waals surface area contributed by atoms with Gasteiger partial charge in [0.25, 0.3) is 0 Å². The highest BCUT2D eigenvalue weighted by atomic mass is 16.7. The normalized spacial score (nSPS) is 32.2. The zero-order valence-electron chi connectivity index (χ0n) is 15.1. The first-order valence-electron chi connectivity index (χ1n) is 8.61. The summed E-state index contributed by atoms with van der Waals surface area (Å²) in [4.78, 5) is 47.9. The summed E-state index contributed by atoms with van der Waals surface area (Å²) in [6.45, 7) is 4.47. The van der Waals surface area contributed by atoms with Gasteiger partial charge in [-0.25, -0.2) is 9.59 Å². The standard InChI is InChI=1S/C17H20O11/c1-3-10(18)24-6-11(19)27-17-13(12-14(28-17)8(2)25-15(12)20)16(21)26-9-4-22-7-23-5-9/h3,8-9,12-14,17H,1,4-7H2,2H3. The van der Waals surface area contributed by atoms with Crippen LogP contribution in [0.1, 0.15) is 6.92 Å². The fourth-order valence-electron chi connectivity index (χ4n) is 3.20. The summed E-state index contributed by atoms with van der Waals surface area (Å²) >= 11 is 0. The maximum Gasteiger partial charge on any atom is 0.346 e. The molecule has 0 aromatic rings. The Balaban J connectivity index is 1.68. The van der Waals surface area contributed by atoms with Crippen LogP contribution in [-0.2, 0) is 52.3 Å². The topological polar surface area (TPSA) is 133 Å². The molecule has 3 saturated heterocycles. The van der Waals surface area contributed by atoms with Gasteiger partial charge in [0, 0.05) is 6.08 Å². The number of cyclic esters (lactones) is 1. The molecule has 0 N–H and O–H groups in total. The van der Waals surface area contributed by atoms with Gasteiger partial charge in [-0.3, -0.25) is 9.59 Å². The third kappa shape index (κ3) is 4.32. The first-order chi connectivity index (χ1) is 13.4. The molecule has 3 aliphatic rings. The summed E-state index contributed by atoms with van der Waals surface area (Å²) in [7, 11) is 0. The van der Waals surface area contributed by atoms with Crippen LogP contribution in [0.4, 0.5) is 0 Å². The van der Waals surface area contributed by atoms with Crippen molar-refractivity contribution >= 4 is 23.9 Å². The molecule has 0 amide bonds. The van der Waals surface area contributed by atoms with Crippen LogP contribution < -0.4 is 0 Å². The summed E-state index contributed by atoms with van der Waals surface area (Å²) in [5, 5.41) is 0. The molecule has 11 heteroatoms. The van der Waals surface area contributed by atoms with E-state index in [9.17, 15) is 19.2 Å². The Labute approximate surface area is 159 Å². The lowest BCUT2D eigenvalue weighted by Gasteiger charge is -2.26. The molecule has 3 heterocycles. The van der Waals surface area contributed by atoms with Gasteiger partial charge in [-0.2, -0.15) is 0 Å². The van der Waals surface area contributed by atoms with Crippen LogP contribution in [0.2, 0.25) is 0 Å². The smallest absolute Gasteiger partial charge is 0.346 e. The molecule has 0 saturated carbocycles. The highest BCUT2D eigenvalue weighted by Gasteiger charge is 2.61. The number of carbonyl (C=O) groups is 4. The SMILES string of the molecule is C=CC(=O)OCC(=O)OC1OC2C(C)OC(=O)C2C1C(=O)OC1COCOC1. The molecule has 5 unspecified atom stereocenters. The Kier molecular flexibility index (Phi) is 6.27. The van der Waals surface area contributed by atoms with Gasteiger partial charge in [-0.1, -0.05) is 6.58 Å². The average Bonchev–Trinajstić information content (AvgIpc) is 3.18. The quantitative estimate of drug-likeness (QED) is 0.311. The zero-order chi connectivity index (χ0) is 20.3. The molecule has 0 aliphatic carbocycles. The second-order valence-corrected chi connectivity index (χ2v) is 6.38. The predicted octanol–water partition coefficient (Wildman–Crippen LogP) is -0.922. The molecule has 28 heavy (non-hydrogen) atoms. The van der Waals surface area contributed by atoms with Crippen molar-refractivity contribution in [1.29, 1.82) is 0 Å². The number of fused-ring (bicyclic) bond motifs is 1. The molecule has 0 radical (unpaired) electrons. The van der Waals surface area contributed by atoms with Crippen molar-refractivity contribution in [3.8, 4) is 0 Å². The summed E-state index contributed by atoms with van der Waals surface area (Å²) in [6.07, 6.45) is -2.58. The van der Waals surface area contributed by atoms with E-state index < -0.39 is 66.9 Å². The maximum absolute atomic E-state index is 12.7. The van der Waals surface area contributed by atoms with Gasteiger partial charge in [-0.15, -0.1) is 0 Å². The number of esters is 4. The van der Waals surface area contributed by atoms with Crippen molar-refractivity contribution in [2.24, 2.45) is 11.8 Å². The lowest BCUT2D eigenvalue weighted by molar-refractivity contribution is -0.207. The number of carbonyl (C=O) groups excluding carboxylic acids is 4. The fraction of sp³-hybridized carbons (Fsp3) is 0.647. The summed E-state index contributed by atoms with van der Waals surface area (Å²) in [5.41, 5.74) is 0. The van der Waals surface area contributed by atoms with Gasteiger partial charge in [0.15, 0.2) is 6.61 Å². The molecule has 0 bridgehead atoms. The van der Waals surface area contributed by atoms with E-state index in [1.54, 1.807) is 6.92 Å². The first kappa shape index (κ1) is 20.2. The van der Waals surface area contributed by atoms with E-state index in [0.717, 1.165) is 6.08 Å². The number of rotatable bonds is 6. The van der Waals surface area contributed by atoms with Crippen molar-refractivity contribution < 1.29 is 52.3 Å². The van der Waals surface area contributed by atoms with Gasteiger partial charge in [-0.05, 0) is 6.92 Å². The molecule has 3 fully saturated rings. The van der Waals surface area contributed by atoms with E-state index in [2.05, 4.69) is 11.3 Å². The Morgan fingerprint density at radius 3 is 2.61 bits per heavy atom. The van der Waals surface area contributed by atoms with E-state index in [1.165, 1.54) is 0 Å². The van der Waals surface area contributed by atoms with Crippen LogP contribution in [0.3, 0.4) is 0 Å². The van der Waals surface area contributed by atoms with Crippen molar-refractivity contribution in [1.82, 2.24) is 0 Å². The van der Waals surface area contributed by atoms with E-state index in [1.807, 2.05) is 0 Å². The third-order valence-electron chi connectivity index (χ3n) is 4.44. The van der Waals surface area contributed by atoms with E-state index >= 15 is 0 Å². The van der Waals surface area contributed by atoms with Gasteiger partial charge < -0.3 is 33.2 Å². The summed E-state index contributed by atoms with van der Waals surface area (Å²) in [5.74, 6) is -5.44. The summed E-state index contributed by atoms with van der Waals surface area (Å²) in [6, 6.07) is 0. The minimum absolute atomic E-state index is 0.0960. The predicted molar refractivity (Wildman–Crippen MR) is 85.1 cm³/mol.